The Balaban J connectivity index is 2.47. The number of aromatic nitrogens is 2. The molecule has 0 aliphatic rings. The third kappa shape index (κ3) is 1.46. The molecule has 3 nitrogen and oxygen atoms in total. The van der Waals surface area contributed by atoms with Crippen LogP contribution in [0.3, 0.4) is 0 Å². The molecule has 0 aliphatic carbocycles. The minimum atomic E-state index is 0.460. The molecule has 0 unspecified atom stereocenters. The molecule has 13 heavy (non-hydrogen) atoms. The molecule has 1 aromatic heterocycles. The Kier molecular flexibility index (Phi) is 2.10. The van der Waals surface area contributed by atoms with Crippen molar-refractivity contribution < 1.29 is 0 Å². The van der Waals surface area contributed by atoms with Crippen LogP contribution >= 0.6 is 0 Å². The first-order valence-electron chi connectivity index (χ1n) is 4.19. The van der Waals surface area contributed by atoms with E-state index >= 15 is 0 Å². The molecule has 0 spiro atoms. The smallest absolute Gasteiger partial charge is 0.126 e. The number of nitrogens with zero attached hydrogens (tertiary/aromatic N) is 2. The van der Waals surface area contributed by atoms with Gasteiger partial charge in [-0.15, -0.1) is 0 Å². The fourth-order valence-corrected chi connectivity index (χ4v) is 1.31. The first kappa shape index (κ1) is 8.01. The van der Waals surface area contributed by atoms with E-state index in [1.165, 1.54) is 0 Å². The molecular formula is C10H11N3. The van der Waals surface area contributed by atoms with Gasteiger partial charge in [-0.2, -0.15) is 0 Å². The molecule has 0 fully saturated rings. The van der Waals surface area contributed by atoms with Crippen LogP contribution in [0.25, 0.3) is 5.69 Å². The van der Waals surface area contributed by atoms with Crippen LogP contribution in [0.15, 0.2) is 42.7 Å². The summed E-state index contributed by atoms with van der Waals surface area (Å²) in [6.45, 7) is 0.460. The van der Waals surface area contributed by atoms with Crippen LogP contribution in [0.5, 0.6) is 0 Å². The highest BCUT2D eigenvalue weighted by Gasteiger charge is 2.00. The fraction of sp³-hybridized carbons (Fsp3) is 0.100. The molecule has 2 aromatic rings. The van der Waals surface area contributed by atoms with Crippen molar-refractivity contribution in [3.8, 4) is 5.69 Å². The van der Waals surface area contributed by atoms with E-state index in [1.807, 2.05) is 41.1 Å². The number of hydrogen-bond acceptors (Lipinski definition) is 2. The average Bonchev–Trinajstić information content (AvgIpc) is 2.67. The van der Waals surface area contributed by atoms with Crippen LogP contribution in [0.2, 0.25) is 0 Å². The molecule has 0 radical (unpaired) electrons. The summed E-state index contributed by atoms with van der Waals surface area (Å²) in [6, 6.07) is 10.0. The van der Waals surface area contributed by atoms with E-state index in [0.29, 0.717) is 6.54 Å². The molecule has 0 saturated heterocycles. The normalized spacial score (nSPS) is 10.2. The lowest BCUT2D eigenvalue weighted by atomic mass is 10.3. The predicted octanol–water partition coefficient (Wildman–Crippen LogP) is 1.33. The van der Waals surface area contributed by atoms with Crippen molar-refractivity contribution in [1.82, 2.24) is 9.55 Å². The topological polar surface area (TPSA) is 43.8 Å². The molecule has 1 aromatic carbocycles. The molecule has 0 aliphatic heterocycles. The van der Waals surface area contributed by atoms with Crippen LogP contribution < -0.4 is 5.73 Å². The van der Waals surface area contributed by atoms with Gasteiger partial charge in [0.1, 0.15) is 5.82 Å². The summed E-state index contributed by atoms with van der Waals surface area (Å²) in [5.74, 6) is 0.881. The van der Waals surface area contributed by atoms with Gasteiger partial charge < -0.3 is 10.3 Å². The standard InChI is InChI=1S/C10H11N3/c11-8-10-12-6-7-13(10)9-4-2-1-3-5-9/h1-7H,8,11H2. The zero-order valence-electron chi connectivity index (χ0n) is 7.22. The van der Waals surface area contributed by atoms with E-state index in [0.717, 1.165) is 11.5 Å². The zero-order chi connectivity index (χ0) is 9.10. The van der Waals surface area contributed by atoms with Crippen LogP contribution in [-0.4, -0.2) is 9.55 Å². The molecule has 0 amide bonds. The maximum atomic E-state index is 5.55. The van der Waals surface area contributed by atoms with Gasteiger partial charge in [-0.25, -0.2) is 4.98 Å². The van der Waals surface area contributed by atoms with Crippen molar-refractivity contribution in [1.29, 1.82) is 0 Å². The summed E-state index contributed by atoms with van der Waals surface area (Å²) in [7, 11) is 0. The second-order valence-corrected chi connectivity index (χ2v) is 2.75. The Morgan fingerprint density at radius 2 is 2.00 bits per heavy atom. The quantitative estimate of drug-likeness (QED) is 0.744. The minimum Gasteiger partial charge on any atom is -0.324 e. The first-order chi connectivity index (χ1) is 6.42. The summed E-state index contributed by atoms with van der Waals surface area (Å²) in [6.07, 6.45) is 3.67. The van der Waals surface area contributed by atoms with E-state index in [1.54, 1.807) is 6.20 Å². The molecule has 2 N–H and O–H groups in total. The summed E-state index contributed by atoms with van der Waals surface area (Å²) < 4.78 is 1.99. The largest absolute Gasteiger partial charge is 0.324 e. The first-order valence-corrected chi connectivity index (χ1v) is 4.19. The maximum absolute atomic E-state index is 5.55. The maximum Gasteiger partial charge on any atom is 0.126 e. The Hall–Kier alpha value is -1.61. The molecule has 0 bridgehead atoms. The van der Waals surface area contributed by atoms with E-state index in [-0.39, 0.29) is 0 Å². The van der Waals surface area contributed by atoms with Gasteiger partial charge in [-0.05, 0) is 12.1 Å². The van der Waals surface area contributed by atoms with Gasteiger partial charge in [0.25, 0.3) is 0 Å². The van der Waals surface area contributed by atoms with Crippen LogP contribution in [0.1, 0.15) is 5.82 Å². The third-order valence-corrected chi connectivity index (χ3v) is 1.93. The van der Waals surface area contributed by atoms with E-state index in [4.69, 9.17) is 5.73 Å². The highest BCUT2D eigenvalue weighted by molar-refractivity contribution is 5.32. The average molecular weight is 173 g/mol. The van der Waals surface area contributed by atoms with Gasteiger partial charge >= 0.3 is 0 Å². The number of hydrogen-bond donors (Lipinski definition) is 1. The van der Waals surface area contributed by atoms with Gasteiger partial charge in [0.2, 0.25) is 0 Å². The molecule has 1 heterocycles. The summed E-state index contributed by atoms with van der Waals surface area (Å²) in [4.78, 5) is 4.15. The van der Waals surface area contributed by atoms with E-state index in [2.05, 4.69) is 4.98 Å². The highest BCUT2D eigenvalue weighted by Crippen LogP contribution is 2.08. The number of para-hydroxylation sites is 1. The third-order valence-electron chi connectivity index (χ3n) is 1.93. The Bertz CT molecular complexity index is 378. The van der Waals surface area contributed by atoms with Crippen molar-refractivity contribution >= 4 is 0 Å². The minimum absolute atomic E-state index is 0.460. The van der Waals surface area contributed by atoms with Crippen LogP contribution in [0.4, 0.5) is 0 Å². The summed E-state index contributed by atoms with van der Waals surface area (Å²) >= 11 is 0. The van der Waals surface area contributed by atoms with Gasteiger partial charge in [0.15, 0.2) is 0 Å². The van der Waals surface area contributed by atoms with Gasteiger partial charge in [-0.1, -0.05) is 18.2 Å². The van der Waals surface area contributed by atoms with Crippen molar-refractivity contribution in [3.63, 3.8) is 0 Å². The van der Waals surface area contributed by atoms with E-state index in [9.17, 15) is 0 Å². The lowest BCUT2D eigenvalue weighted by Crippen LogP contribution is -2.05. The van der Waals surface area contributed by atoms with Crippen LogP contribution in [0, 0.1) is 0 Å². The number of rotatable bonds is 2. The van der Waals surface area contributed by atoms with Crippen molar-refractivity contribution in [3.05, 3.63) is 48.5 Å². The number of benzene rings is 1. The van der Waals surface area contributed by atoms with Gasteiger partial charge in [-0.3, -0.25) is 0 Å². The molecule has 66 valence electrons. The van der Waals surface area contributed by atoms with Crippen molar-refractivity contribution in [2.24, 2.45) is 5.73 Å². The highest BCUT2D eigenvalue weighted by atomic mass is 15.1. The Morgan fingerprint density at radius 3 is 2.69 bits per heavy atom. The fourth-order valence-electron chi connectivity index (χ4n) is 1.31. The second kappa shape index (κ2) is 3.41. The lowest BCUT2D eigenvalue weighted by Gasteiger charge is -2.04. The second-order valence-electron chi connectivity index (χ2n) is 2.75. The SMILES string of the molecule is NCc1nccn1-c1ccccc1. The predicted molar refractivity (Wildman–Crippen MR) is 51.5 cm³/mol. The summed E-state index contributed by atoms with van der Waals surface area (Å²) in [5, 5.41) is 0. The molecule has 3 heteroatoms. The van der Waals surface area contributed by atoms with Gasteiger partial charge in [0.05, 0.1) is 6.54 Å². The molecular weight excluding hydrogens is 162 g/mol. The Labute approximate surface area is 76.8 Å². The molecule has 0 saturated carbocycles. The molecule has 2 rings (SSSR count). The monoisotopic (exact) mass is 173 g/mol. The molecule has 0 atom stereocenters. The number of nitrogens with two attached hydrogens (primary N) is 1. The zero-order valence-corrected chi connectivity index (χ0v) is 7.22. The number of imidazole rings is 1. The van der Waals surface area contributed by atoms with Crippen molar-refractivity contribution in [2.75, 3.05) is 0 Å². The Morgan fingerprint density at radius 1 is 1.23 bits per heavy atom. The van der Waals surface area contributed by atoms with E-state index < -0.39 is 0 Å². The van der Waals surface area contributed by atoms with Crippen molar-refractivity contribution in [2.45, 2.75) is 6.54 Å². The van der Waals surface area contributed by atoms with Gasteiger partial charge in [0, 0.05) is 18.1 Å². The van der Waals surface area contributed by atoms with Crippen LogP contribution in [-0.2, 0) is 6.54 Å². The summed E-state index contributed by atoms with van der Waals surface area (Å²) in [5.41, 5.74) is 6.65. The lowest BCUT2D eigenvalue weighted by molar-refractivity contribution is 0.868.